The molecule has 4 atom stereocenters. The molecule has 0 saturated carbocycles. The van der Waals surface area contributed by atoms with Crippen LogP contribution < -0.4 is 16.0 Å². The van der Waals surface area contributed by atoms with Crippen LogP contribution in [0.5, 0.6) is 0 Å². The van der Waals surface area contributed by atoms with Crippen molar-refractivity contribution in [2.24, 2.45) is 0 Å². The van der Waals surface area contributed by atoms with Gasteiger partial charge in [0.05, 0.1) is 12.0 Å². The van der Waals surface area contributed by atoms with Crippen LogP contribution in [-0.2, 0) is 38.2 Å². The summed E-state index contributed by atoms with van der Waals surface area (Å²) in [4.78, 5) is 76.9. The Balaban J connectivity index is 1.35. The van der Waals surface area contributed by atoms with Crippen LogP contribution in [0.1, 0.15) is 181 Å². The smallest absolute Gasteiger partial charge is 0.328 e. The second-order valence-corrected chi connectivity index (χ2v) is 17.2. The average molecular weight is 872 g/mol. The van der Waals surface area contributed by atoms with Crippen LogP contribution in [-0.4, -0.2) is 99.8 Å². The molecule has 0 bridgehead atoms. The number of ether oxygens (including phenoxy) is 2. The molecule has 0 aromatic rings. The molecule has 0 aromatic heterocycles. The highest BCUT2D eigenvalue weighted by Crippen LogP contribution is 2.19. The quantitative estimate of drug-likeness (QED) is 0.0153. The third kappa shape index (κ3) is 20.8. The number of allylic oxidation sites excluding steroid dienone is 5. The Morgan fingerprint density at radius 2 is 1.45 bits per heavy atom. The molecular formula is C47H77N5O10. The van der Waals surface area contributed by atoms with Gasteiger partial charge in [-0.2, -0.15) is 0 Å². The van der Waals surface area contributed by atoms with Gasteiger partial charge in [0.1, 0.15) is 30.8 Å². The van der Waals surface area contributed by atoms with E-state index in [1.165, 1.54) is 103 Å². The molecule has 0 radical (unpaired) electrons. The first kappa shape index (κ1) is 52.1. The molecule has 4 unspecified atom stereocenters. The Bertz CT molecular complexity index is 1500. The average Bonchev–Trinajstić information content (AvgIpc) is 3.69. The van der Waals surface area contributed by atoms with E-state index in [4.69, 9.17) is 9.47 Å². The van der Waals surface area contributed by atoms with Gasteiger partial charge in [0.15, 0.2) is 11.7 Å². The molecule has 0 aromatic carbocycles. The van der Waals surface area contributed by atoms with Gasteiger partial charge in [-0.15, -0.1) is 0 Å². The SMILES string of the molecule is CCCCCCCCCCCCCCCCCCCCC(=O)N(O)CCCCC(NC(=O)C1COC(=C2C=CC=CC2=O)N1)C(=O)OC(C)CC(=O)NC1CCCCN(O)C1=O. The van der Waals surface area contributed by atoms with Crippen molar-refractivity contribution in [2.45, 2.75) is 205 Å². The summed E-state index contributed by atoms with van der Waals surface area (Å²) in [7, 11) is 0. The number of nitrogens with one attached hydrogen (secondary N) is 3. The van der Waals surface area contributed by atoms with Crippen molar-refractivity contribution >= 4 is 35.4 Å². The number of carbonyl (C=O) groups is 6. The van der Waals surface area contributed by atoms with Crippen LogP contribution in [0.4, 0.5) is 0 Å². The third-order valence-corrected chi connectivity index (χ3v) is 11.7. The highest BCUT2D eigenvalue weighted by molar-refractivity contribution is 6.07. The molecule has 0 spiro atoms. The predicted octanol–water partition coefficient (Wildman–Crippen LogP) is 7.39. The number of amides is 4. The Hall–Kier alpha value is -4.24. The van der Waals surface area contributed by atoms with E-state index in [1.807, 2.05) is 0 Å². The Kier molecular flexibility index (Phi) is 25.8. The van der Waals surface area contributed by atoms with Gasteiger partial charge in [-0.25, -0.2) is 14.9 Å². The summed E-state index contributed by atoms with van der Waals surface area (Å²) in [6.07, 6.45) is 30.4. The summed E-state index contributed by atoms with van der Waals surface area (Å²) in [6.45, 7) is 3.94. The minimum atomic E-state index is -1.14. The van der Waals surface area contributed by atoms with E-state index in [0.29, 0.717) is 43.6 Å². The van der Waals surface area contributed by atoms with E-state index in [9.17, 15) is 39.2 Å². The van der Waals surface area contributed by atoms with Crippen LogP contribution in [0.15, 0.2) is 35.8 Å². The normalized spacial score (nSPS) is 19.6. The Labute approximate surface area is 369 Å². The van der Waals surface area contributed by atoms with Crippen LogP contribution in [0.3, 0.4) is 0 Å². The van der Waals surface area contributed by atoms with Crippen LogP contribution in [0.25, 0.3) is 0 Å². The van der Waals surface area contributed by atoms with Crippen LogP contribution >= 0.6 is 0 Å². The summed E-state index contributed by atoms with van der Waals surface area (Å²) in [5.74, 6) is -2.96. The molecule has 62 heavy (non-hydrogen) atoms. The maximum Gasteiger partial charge on any atom is 0.328 e. The molecule has 3 aliphatic rings. The topological polar surface area (TPSA) is 204 Å². The van der Waals surface area contributed by atoms with E-state index >= 15 is 0 Å². The third-order valence-electron chi connectivity index (χ3n) is 11.7. The number of ketones is 1. The number of unbranched alkanes of at least 4 members (excludes halogenated alkanes) is 18. The van der Waals surface area contributed by atoms with Crippen molar-refractivity contribution < 1.29 is 48.7 Å². The maximum absolute atomic E-state index is 13.4. The zero-order valence-electron chi connectivity index (χ0n) is 37.7. The molecule has 15 heteroatoms. The molecule has 5 N–H and O–H groups in total. The van der Waals surface area contributed by atoms with Gasteiger partial charge in [-0.05, 0) is 64.0 Å². The highest BCUT2D eigenvalue weighted by atomic mass is 16.5. The number of rotatable bonds is 31. The lowest BCUT2D eigenvalue weighted by atomic mass is 10.0. The lowest BCUT2D eigenvalue weighted by Gasteiger charge is -2.23. The standard InChI is InChI=1S/C47H77N5O10/c1-3-4-5-6-7-8-9-10-11-12-13-14-15-16-17-18-19-20-31-43(55)51(59)32-25-24-29-39(49-44(56)40-35-61-45(50-40)37-27-21-22-30-41(37)53)47(58)62-36(2)34-42(54)48-38-28-23-26-33-52(60)46(38)57/h21-22,27,30,36,38-40,50,59-60H,3-20,23-26,28-29,31-35H2,1-2H3,(H,48,54)(H,49,56). The minimum Gasteiger partial charge on any atom is -0.476 e. The van der Waals surface area contributed by atoms with Gasteiger partial charge in [0, 0.05) is 19.5 Å². The largest absolute Gasteiger partial charge is 0.476 e. The molecule has 2 aliphatic heterocycles. The van der Waals surface area contributed by atoms with E-state index in [1.54, 1.807) is 18.2 Å². The van der Waals surface area contributed by atoms with E-state index in [0.717, 1.165) is 24.3 Å². The monoisotopic (exact) mass is 872 g/mol. The van der Waals surface area contributed by atoms with E-state index in [2.05, 4.69) is 22.9 Å². The molecular weight excluding hydrogens is 795 g/mol. The number of hydrogen-bond donors (Lipinski definition) is 5. The summed E-state index contributed by atoms with van der Waals surface area (Å²) in [5, 5.41) is 29.9. The highest BCUT2D eigenvalue weighted by Gasteiger charge is 2.34. The molecule has 2 fully saturated rings. The van der Waals surface area contributed by atoms with Crippen molar-refractivity contribution in [3.05, 3.63) is 35.8 Å². The first-order valence-corrected chi connectivity index (χ1v) is 23.8. The van der Waals surface area contributed by atoms with Gasteiger partial charge in [0.25, 0.3) is 5.91 Å². The lowest BCUT2D eigenvalue weighted by Crippen LogP contribution is -2.50. The zero-order chi connectivity index (χ0) is 45.0. The van der Waals surface area contributed by atoms with Crippen molar-refractivity contribution in [1.29, 1.82) is 0 Å². The van der Waals surface area contributed by atoms with Crippen molar-refractivity contribution in [3.63, 3.8) is 0 Å². The van der Waals surface area contributed by atoms with Crippen molar-refractivity contribution in [1.82, 2.24) is 26.1 Å². The van der Waals surface area contributed by atoms with Gasteiger partial charge in [-0.1, -0.05) is 128 Å². The molecule has 1 aliphatic carbocycles. The summed E-state index contributed by atoms with van der Waals surface area (Å²) in [5.41, 5.74) is 0.270. The molecule has 2 saturated heterocycles. The number of hydroxylamine groups is 4. The van der Waals surface area contributed by atoms with Gasteiger partial charge in [-0.3, -0.25) is 34.4 Å². The lowest BCUT2D eigenvalue weighted by molar-refractivity contribution is -0.167. The van der Waals surface area contributed by atoms with Crippen molar-refractivity contribution in [2.75, 3.05) is 19.7 Å². The predicted molar refractivity (Wildman–Crippen MR) is 235 cm³/mol. The molecule has 2 heterocycles. The number of carbonyl (C=O) groups excluding carboxylic acids is 6. The van der Waals surface area contributed by atoms with Crippen molar-refractivity contribution in [3.8, 4) is 0 Å². The van der Waals surface area contributed by atoms with E-state index < -0.39 is 47.9 Å². The summed E-state index contributed by atoms with van der Waals surface area (Å²) >= 11 is 0. The first-order chi connectivity index (χ1) is 30.0. The molecule has 350 valence electrons. The molecule has 4 amide bonds. The maximum atomic E-state index is 13.4. The second kappa shape index (κ2) is 30.7. The van der Waals surface area contributed by atoms with Crippen LogP contribution in [0.2, 0.25) is 0 Å². The minimum absolute atomic E-state index is 0.0558. The zero-order valence-corrected chi connectivity index (χ0v) is 37.7. The number of hydrogen-bond acceptors (Lipinski definition) is 11. The second-order valence-electron chi connectivity index (χ2n) is 17.2. The fourth-order valence-electron chi connectivity index (χ4n) is 7.92. The summed E-state index contributed by atoms with van der Waals surface area (Å²) < 4.78 is 11.2. The number of esters is 1. The Morgan fingerprint density at radius 1 is 0.855 bits per heavy atom. The fraction of sp³-hybridized carbons (Fsp3) is 0.745. The number of nitrogens with zero attached hydrogens (tertiary/aromatic N) is 2. The first-order valence-electron chi connectivity index (χ1n) is 23.8. The Morgan fingerprint density at radius 3 is 2.06 bits per heavy atom. The van der Waals surface area contributed by atoms with Gasteiger partial charge in [0.2, 0.25) is 17.7 Å². The van der Waals surface area contributed by atoms with Crippen LogP contribution in [0, 0.1) is 0 Å². The molecule has 3 rings (SSSR count). The van der Waals surface area contributed by atoms with Gasteiger partial charge < -0.3 is 25.4 Å². The van der Waals surface area contributed by atoms with Gasteiger partial charge >= 0.3 is 5.97 Å². The fourth-order valence-corrected chi connectivity index (χ4v) is 7.92. The summed E-state index contributed by atoms with van der Waals surface area (Å²) in [6, 6.07) is -2.93. The molecule has 15 nitrogen and oxygen atoms in total. The van der Waals surface area contributed by atoms with E-state index in [-0.39, 0.29) is 62.1 Å².